The van der Waals surface area contributed by atoms with Crippen molar-refractivity contribution in [3.8, 4) is 5.75 Å². The number of phenols is 1. The van der Waals surface area contributed by atoms with Crippen LogP contribution in [0.4, 0.5) is 5.69 Å². The highest BCUT2D eigenvalue weighted by Crippen LogP contribution is 2.34. The molecule has 1 aliphatic rings. The van der Waals surface area contributed by atoms with Gasteiger partial charge >= 0.3 is 0 Å². The predicted molar refractivity (Wildman–Crippen MR) is 105 cm³/mol. The van der Waals surface area contributed by atoms with E-state index in [-0.39, 0.29) is 30.6 Å². The van der Waals surface area contributed by atoms with Crippen LogP contribution in [0.3, 0.4) is 0 Å². The number of amides is 1. The van der Waals surface area contributed by atoms with Crippen LogP contribution in [0, 0.1) is 0 Å². The summed E-state index contributed by atoms with van der Waals surface area (Å²) >= 11 is 1.61. The van der Waals surface area contributed by atoms with Crippen molar-refractivity contribution in [3.05, 3.63) is 58.5 Å². The number of ether oxygens (including phenoxy) is 3. The molecular formula is C20H23NO6S. The minimum absolute atomic E-state index is 0.00189. The highest BCUT2D eigenvalue weighted by molar-refractivity contribution is 7.10. The first-order valence-corrected chi connectivity index (χ1v) is 9.86. The number of benzene rings is 1. The number of aliphatic hydroxyl groups is 1. The molecule has 1 aromatic heterocycles. The van der Waals surface area contributed by atoms with Crippen LogP contribution in [0.1, 0.15) is 17.2 Å². The van der Waals surface area contributed by atoms with Crippen LogP contribution in [0.15, 0.2) is 53.6 Å². The number of hydrogen-bond acceptors (Lipinski definition) is 7. The molecular weight excluding hydrogens is 382 g/mol. The maximum absolute atomic E-state index is 12.7. The van der Waals surface area contributed by atoms with E-state index >= 15 is 0 Å². The van der Waals surface area contributed by atoms with Crippen molar-refractivity contribution >= 4 is 22.9 Å². The molecule has 0 fully saturated rings. The summed E-state index contributed by atoms with van der Waals surface area (Å²) < 4.78 is 16.7. The van der Waals surface area contributed by atoms with E-state index in [9.17, 15) is 9.90 Å². The summed E-state index contributed by atoms with van der Waals surface area (Å²) in [5, 5.41) is 23.0. The van der Waals surface area contributed by atoms with E-state index < -0.39 is 12.2 Å². The number of hydrogen-bond donors (Lipinski definition) is 3. The predicted octanol–water partition coefficient (Wildman–Crippen LogP) is 2.83. The fourth-order valence-electron chi connectivity index (χ4n) is 2.80. The number of aromatic hydroxyl groups is 1. The maximum atomic E-state index is 12.7. The molecule has 7 nitrogen and oxygen atoms in total. The summed E-state index contributed by atoms with van der Waals surface area (Å²) in [7, 11) is 0. The lowest BCUT2D eigenvalue weighted by atomic mass is 9.99. The molecule has 0 saturated heterocycles. The largest absolute Gasteiger partial charge is 0.508 e. The van der Waals surface area contributed by atoms with Gasteiger partial charge in [0.15, 0.2) is 5.76 Å². The molecule has 1 amide bonds. The van der Waals surface area contributed by atoms with Crippen LogP contribution in [-0.2, 0) is 19.0 Å². The molecule has 1 aliphatic heterocycles. The number of rotatable bonds is 9. The quantitative estimate of drug-likeness (QED) is 0.555. The number of allylic oxidation sites excluding steroid dienone is 1. The molecule has 0 aliphatic carbocycles. The standard InChI is InChI=1S/C20H23NO6S/c22-6-7-25-8-9-26-19-12-14(18-5-2-10-28-18)11-17(27-19)20(24)21-15-3-1-4-16(23)13-15/h1-5,10-11,13-14,19,22-23H,6-9,12H2,(H,21,24)/t14-,19+/m0/s1. The zero-order chi connectivity index (χ0) is 19.8. The van der Waals surface area contributed by atoms with Gasteiger partial charge in [0.05, 0.1) is 26.4 Å². The first-order valence-electron chi connectivity index (χ1n) is 8.98. The summed E-state index contributed by atoms with van der Waals surface area (Å²) in [5.74, 6) is -0.162. The van der Waals surface area contributed by atoms with Crippen molar-refractivity contribution < 1.29 is 29.2 Å². The fraction of sp³-hybridized carbons (Fsp3) is 0.350. The summed E-state index contributed by atoms with van der Waals surface area (Å²) in [5.41, 5.74) is 0.475. The van der Waals surface area contributed by atoms with Gasteiger partial charge in [-0.25, -0.2) is 0 Å². The number of carbonyl (C=O) groups excluding carboxylic acids is 1. The van der Waals surface area contributed by atoms with Crippen LogP contribution in [0.5, 0.6) is 5.75 Å². The van der Waals surface area contributed by atoms with Gasteiger partial charge < -0.3 is 29.7 Å². The van der Waals surface area contributed by atoms with Crippen molar-refractivity contribution in [2.24, 2.45) is 0 Å². The van der Waals surface area contributed by atoms with Gasteiger partial charge in [0.2, 0.25) is 6.29 Å². The molecule has 2 aromatic rings. The average molecular weight is 405 g/mol. The lowest BCUT2D eigenvalue weighted by Gasteiger charge is -2.28. The molecule has 2 atom stereocenters. The molecule has 2 heterocycles. The highest BCUT2D eigenvalue weighted by Gasteiger charge is 2.29. The lowest BCUT2D eigenvalue weighted by molar-refractivity contribution is -0.148. The Hall–Kier alpha value is -2.39. The zero-order valence-corrected chi connectivity index (χ0v) is 16.1. The van der Waals surface area contributed by atoms with Crippen molar-refractivity contribution in [1.29, 1.82) is 0 Å². The molecule has 0 unspecified atom stereocenters. The second-order valence-electron chi connectivity index (χ2n) is 6.15. The number of thiophene rings is 1. The fourth-order valence-corrected chi connectivity index (χ4v) is 3.61. The Morgan fingerprint density at radius 1 is 1.25 bits per heavy atom. The Morgan fingerprint density at radius 2 is 2.14 bits per heavy atom. The number of phenolic OH excluding ortho intramolecular Hbond substituents is 1. The van der Waals surface area contributed by atoms with Gasteiger partial charge in [-0.05, 0) is 29.7 Å². The highest BCUT2D eigenvalue weighted by atomic mass is 32.1. The number of carbonyl (C=O) groups is 1. The van der Waals surface area contributed by atoms with Crippen molar-refractivity contribution in [2.45, 2.75) is 18.6 Å². The molecule has 150 valence electrons. The van der Waals surface area contributed by atoms with Crippen LogP contribution < -0.4 is 5.32 Å². The maximum Gasteiger partial charge on any atom is 0.290 e. The molecule has 0 bridgehead atoms. The minimum atomic E-state index is -0.584. The summed E-state index contributed by atoms with van der Waals surface area (Å²) in [6, 6.07) is 10.3. The second-order valence-corrected chi connectivity index (χ2v) is 7.13. The van der Waals surface area contributed by atoms with Gasteiger partial charge in [0, 0.05) is 29.0 Å². The normalized spacial score (nSPS) is 19.0. The Kier molecular flexibility index (Phi) is 7.44. The third kappa shape index (κ3) is 5.80. The van der Waals surface area contributed by atoms with Gasteiger partial charge in [-0.2, -0.15) is 0 Å². The summed E-state index contributed by atoms with van der Waals surface area (Å²) in [6.07, 6.45) is 1.80. The topological polar surface area (TPSA) is 97.3 Å². The second kappa shape index (κ2) is 10.2. The van der Waals surface area contributed by atoms with Gasteiger partial charge in [-0.3, -0.25) is 4.79 Å². The summed E-state index contributed by atoms with van der Waals surface area (Å²) in [6.45, 7) is 0.842. The zero-order valence-electron chi connectivity index (χ0n) is 15.2. The molecule has 0 spiro atoms. The number of aliphatic hydroxyl groups excluding tert-OH is 1. The summed E-state index contributed by atoms with van der Waals surface area (Å²) in [4.78, 5) is 13.8. The molecule has 0 radical (unpaired) electrons. The number of nitrogens with one attached hydrogen (secondary N) is 1. The van der Waals surface area contributed by atoms with E-state index in [4.69, 9.17) is 19.3 Å². The van der Waals surface area contributed by atoms with Crippen LogP contribution in [-0.4, -0.2) is 48.8 Å². The van der Waals surface area contributed by atoms with E-state index in [1.807, 2.05) is 17.5 Å². The first-order chi connectivity index (χ1) is 13.7. The van der Waals surface area contributed by atoms with Gasteiger partial charge in [-0.1, -0.05) is 12.1 Å². The monoisotopic (exact) mass is 405 g/mol. The molecule has 0 saturated carbocycles. The van der Waals surface area contributed by atoms with E-state index in [2.05, 4.69) is 5.32 Å². The van der Waals surface area contributed by atoms with Crippen molar-refractivity contribution in [3.63, 3.8) is 0 Å². The minimum Gasteiger partial charge on any atom is -0.508 e. The van der Waals surface area contributed by atoms with E-state index in [1.54, 1.807) is 29.5 Å². The van der Waals surface area contributed by atoms with Crippen LogP contribution >= 0.6 is 11.3 Å². The van der Waals surface area contributed by atoms with Crippen LogP contribution in [0.25, 0.3) is 0 Å². The molecule has 1 aromatic carbocycles. The van der Waals surface area contributed by atoms with Crippen molar-refractivity contribution in [1.82, 2.24) is 0 Å². The molecule has 3 N–H and O–H groups in total. The third-order valence-corrected chi connectivity index (χ3v) is 5.07. The Labute approximate surface area is 167 Å². The lowest BCUT2D eigenvalue weighted by Crippen LogP contribution is -2.30. The van der Waals surface area contributed by atoms with Gasteiger partial charge in [-0.15, -0.1) is 11.3 Å². The van der Waals surface area contributed by atoms with E-state index in [0.29, 0.717) is 25.3 Å². The Bertz CT molecular complexity index is 792. The Morgan fingerprint density at radius 3 is 2.89 bits per heavy atom. The average Bonchev–Trinajstić information content (AvgIpc) is 3.22. The Balaban J connectivity index is 1.67. The molecule has 3 rings (SSSR count). The van der Waals surface area contributed by atoms with E-state index in [0.717, 1.165) is 4.88 Å². The van der Waals surface area contributed by atoms with Gasteiger partial charge in [0.1, 0.15) is 5.75 Å². The van der Waals surface area contributed by atoms with Gasteiger partial charge in [0.25, 0.3) is 5.91 Å². The molecule has 28 heavy (non-hydrogen) atoms. The molecule has 8 heteroatoms. The van der Waals surface area contributed by atoms with Crippen LogP contribution in [0.2, 0.25) is 0 Å². The number of anilines is 1. The smallest absolute Gasteiger partial charge is 0.290 e. The van der Waals surface area contributed by atoms with Crippen molar-refractivity contribution in [2.75, 3.05) is 31.7 Å². The first kappa shape index (κ1) is 20.3. The SMILES string of the molecule is O=C(Nc1cccc(O)c1)C1=C[C@H](c2cccs2)C[C@H](OCCOCCO)O1. The van der Waals surface area contributed by atoms with E-state index in [1.165, 1.54) is 12.1 Å². The third-order valence-electron chi connectivity index (χ3n) is 4.06.